The summed E-state index contributed by atoms with van der Waals surface area (Å²) in [5.41, 5.74) is 4.85. The van der Waals surface area contributed by atoms with Crippen molar-refractivity contribution >= 4 is 5.69 Å². The molecular formula is C16H21NO2. The summed E-state index contributed by atoms with van der Waals surface area (Å²) >= 11 is 0. The molecule has 0 aliphatic carbocycles. The first-order chi connectivity index (χ1) is 9.31. The molecule has 0 spiro atoms. The summed E-state index contributed by atoms with van der Waals surface area (Å²) in [7, 11) is 0. The molecule has 0 atom stereocenters. The Hall–Kier alpha value is -2.00. The number of aryl methyl sites for hydroxylation is 1. The zero-order valence-electron chi connectivity index (χ0n) is 11.7. The van der Waals surface area contributed by atoms with E-state index in [9.17, 15) is 0 Å². The van der Waals surface area contributed by atoms with Crippen LogP contribution in [0.5, 0.6) is 5.75 Å². The predicted octanol–water partition coefficient (Wildman–Crippen LogP) is 4.40. The van der Waals surface area contributed by atoms with Crippen molar-refractivity contribution in [3.05, 3.63) is 59.7 Å². The van der Waals surface area contributed by atoms with Crippen LogP contribution in [-0.4, -0.2) is 5.21 Å². The molecule has 0 amide bonds. The molecule has 0 radical (unpaired) electrons. The summed E-state index contributed by atoms with van der Waals surface area (Å²) in [6.07, 6.45) is 0. The van der Waals surface area contributed by atoms with Gasteiger partial charge in [-0.05, 0) is 24.6 Å². The lowest BCUT2D eigenvalue weighted by Gasteiger charge is -2.11. The van der Waals surface area contributed by atoms with Crippen LogP contribution >= 0.6 is 0 Å². The first-order valence-electron chi connectivity index (χ1n) is 6.47. The van der Waals surface area contributed by atoms with E-state index in [1.54, 1.807) is 6.07 Å². The third-order valence-electron chi connectivity index (χ3n) is 2.61. The number of anilines is 1. The Morgan fingerprint density at radius 1 is 1.00 bits per heavy atom. The number of hydrogen-bond donors (Lipinski definition) is 2. The lowest BCUT2D eigenvalue weighted by atomic mass is 10.2. The summed E-state index contributed by atoms with van der Waals surface area (Å²) in [6.45, 7) is 6.43. The van der Waals surface area contributed by atoms with Crippen molar-refractivity contribution in [1.82, 2.24) is 0 Å². The van der Waals surface area contributed by atoms with Crippen LogP contribution in [0.3, 0.4) is 0 Å². The molecule has 2 aromatic carbocycles. The van der Waals surface area contributed by atoms with Gasteiger partial charge in [0.25, 0.3) is 0 Å². The molecule has 19 heavy (non-hydrogen) atoms. The van der Waals surface area contributed by atoms with Gasteiger partial charge in [-0.15, -0.1) is 0 Å². The lowest BCUT2D eigenvalue weighted by Crippen LogP contribution is -2.01. The van der Waals surface area contributed by atoms with Gasteiger partial charge in [-0.2, -0.15) is 0 Å². The molecule has 2 N–H and O–H groups in total. The van der Waals surface area contributed by atoms with Gasteiger partial charge in [0, 0.05) is 5.56 Å². The molecular weight excluding hydrogens is 238 g/mol. The molecule has 0 saturated heterocycles. The minimum atomic E-state index is 0.425. The second kappa shape index (κ2) is 8.16. The maximum Gasteiger partial charge on any atom is 0.122 e. The zero-order chi connectivity index (χ0) is 14.1. The molecule has 0 saturated carbocycles. The summed E-state index contributed by atoms with van der Waals surface area (Å²) < 4.78 is 5.71. The van der Waals surface area contributed by atoms with E-state index in [1.807, 2.05) is 63.2 Å². The molecule has 3 heteroatoms. The Morgan fingerprint density at radius 2 is 1.63 bits per heavy atom. The van der Waals surface area contributed by atoms with Gasteiger partial charge in [0.1, 0.15) is 12.4 Å². The van der Waals surface area contributed by atoms with E-state index in [1.165, 1.54) is 0 Å². The van der Waals surface area contributed by atoms with E-state index in [-0.39, 0.29) is 0 Å². The van der Waals surface area contributed by atoms with Gasteiger partial charge in [-0.1, -0.05) is 50.2 Å². The van der Waals surface area contributed by atoms with Crippen LogP contribution in [0.2, 0.25) is 0 Å². The maximum absolute atomic E-state index is 8.96. The zero-order valence-corrected chi connectivity index (χ0v) is 11.7. The first-order valence-corrected chi connectivity index (χ1v) is 6.47. The average molecular weight is 259 g/mol. The average Bonchev–Trinajstić information content (AvgIpc) is 2.49. The second-order valence-electron chi connectivity index (χ2n) is 3.82. The lowest BCUT2D eigenvalue weighted by molar-refractivity contribution is 0.302. The molecule has 0 aromatic heterocycles. The van der Waals surface area contributed by atoms with Gasteiger partial charge in [-0.3, -0.25) is 10.7 Å². The predicted molar refractivity (Wildman–Crippen MR) is 78.7 cm³/mol. The minimum absolute atomic E-state index is 0.425. The van der Waals surface area contributed by atoms with Crippen molar-refractivity contribution in [2.75, 3.05) is 5.48 Å². The highest BCUT2D eigenvalue weighted by Gasteiger charge is 2.02. The molecule has 0 aliphatic rings. The number of hydrogen-bond acceptors (Lipinski definition) is 3. The van der Waals surface area contributed by atoms with E-state index in [0.717, 1.165) is 16.9 Å². The fourth-order valence-electron chi connectivity index (χ4n) is 1.63. The van der Waals surface area contributed by atoms with E-state index in [4.69, 9.17) is 9.94 Å². The first kappa shape index (κ1) is 15.1. The SMILES string of the molecule is CC.Cc1ccccc1OCc1ccccc1NO. The summed E-state index contributed by atoms with van der Waals surface area (Å²) in [6, 6.07) is 15.3. The van der Waals surface area contributed by atoms with Crippen molar-refractivity contribution in [2.45, 2.75) is 27.4 Å². The number of benzene rings is 2. The molecule has 3 nitrogen and oxygen atoms in total. The number of nitrogens with one attached hydrogen (secondary N) is 1. The maximum atomic E-state index is 8.96. The number of para-hydroxylation sites is 2. The van der Waals surface area contributed by atoms with Crippen LogP contribution < -0.4 is 10.2 Å². The fourth-order valence-corrected chi connectivity index (χ4v) is 1.63. The third-order valence-corrected chi connectivity index (χ3v) is 2.61. The van der Waals surface area contributed by atoms with Gasteiger partial charge < -0.3 is 4.74 Å². The van der Waals surface area contributed by atoms with Gasteiger partial charge in [0.05, 0.1) is 5.69 Å². The van der Waals surface area contributed by atoms with E-state index >= 15 is 0 Å². The van der Waals surface area contributed by atoms with Gasteiger partial charge in [-0.25, -0.2) is 0 Å². The Labute approximate surface area is 114 Å². The van der Waals surface area contributed by atoms with Crippen LogP contribution in [0.1, 0.15) is 25.0 Å². The summed E-state index contributed by atoms with van der Waals surface area (Å²) in [5.74, 6) is 0.861. The number of rotatable bonds is 4. The van der Waals surface area contributed by atoms with Crippen LogP contribution in [0.4, 0.5) is 5.69 Å². The van der Waals surface area contributed by atoms with Crippen molar-refractivity contribution in [2.24, 2.45) is 0 Å². The van der Waals surface area contributed by atoms with E-state index in [2.05, 4.69) is 5.48 Å². The molecule has 0 heterocycles. The molecule has 0 aliphatic heterocycles. The van der Waals surface area contributed by atoms with E-state index < -0.39 is 0 Å². The summed E-state index contributed by atoms with van der Waals surface area (Å²) in [4.78, 5) is 0. The second-order valence-corrected chi connectivity index (χ2v) is 3.82. The molecule has 2 aromatic rings. The molecule has 2 rings (SSSR count). The quantitative estimate of drug-likeness (QED) is 0.799. The van der Waals surface area contributed by atoms with Crippen molar-refractivity contribution in [3.8, 4) is 5.75 Å². The van der Waals surface area contributed by atoms with Crippen LogP contribution in [0.25, 0.3) is 0 Å². The Balaban J connectivity index is 0.000000861. The van der Waals surface area contributed by atoms with E-state index in [0.29, 0.717) is 12.3 Å². The highest BCUT2D eigenvalue weighted by atomic mass is 16.5. The molecule has 0 bridgehead atoms. The Kier molecular flexibility index (Phi) is 6.47. The highest BCUT2D eigenvalue weighted by Crippen LogP contribution is 2.20. The van der Waals surface area contributed by atoms with Gasteiger partial charge in [0.15, 0.2) is 0 Å². The number of ether oxygens (including phenoxy) is 1. The smallest absolute Gasteiger partial charge is 0.122 e. The van der Waals surface area contributed by atoms with Crippen LogP contribution in [-0.2, 0) is 6.61 Å². The van der Waals surface area contributed by atoms with Crippen molar-refractivity contribution in [1.29, 1.82) is 0 Å². The normalized spacial score (nSPS) is 9.26. The third kappa shape index (κ3) is 4.30. The Morgan fingerprint density at radius 3 is 2.32 bits per heavy atom. The monoisotopic (exact) mass is 259 g/mol. The largest absolute Gasteiger partial charge is 0.489 e. The fraction of sp³-hybridized carbons (Fsp3) is 0.250. The van der Waals surface area contributed by atoms with Crippen molar-refractivity contribution < 1.29 is 9.94 Å². The minimum Gasteiger partial charge on any atom is -0.489 e. The van der Waals surface area contributed by atoms with Crippen molar-refractivity contribution in [3.63, 3.8) is 0 Å². The topological polar surface area (TPSA) is 41.5 Å². The summed E-state index contributed by atoms with van der Waals surface area (Å²) in [5, 5.41) is 8.96. The highest BCUT2D eigenvalue weighted by molar-refractivity contribution is 5.49. The van der Waals surface area contributed by atoms with Gasteiger partial charge >= 0.3 is 0 Å². The molecule has 0 unspecified atom stereocenters. The molecule has 102 valence electrons. The Bertz CT molecular complexity index is 498. The molecule has 0 fully saturated rings. The van der Waals surface area contributed by atoms with Gasteiger partial charge in [0.2, 0.25) is 0 Å². The van der Waals surface area contributed by atoms with Crippen LogP contribution in [0.15, 0.2) is 48.5 Å². The standard InChI is InChI=1S/C14H15NO2.C2H6/c1-11-6-2-5-9-14(11)17-10-12-7-3-4-8-13(12)15-16;1-2/h2-9,15-16H,10H2,1H3;1-2H3. The van der Waals surface area contributed by atoms with Crippen LogP contribution in [0, 0.1) is 6.92 Å².